The molecule has 3 rings (SSSR count). The molecule has 5 nitrogen and oxygen atoms in total. The summed E-state index contributed by atoms with van der Waals surface area (Å²) in [5.74, 6) is 0. The lowest BCUT2D eigenvalue weighted by Gasteiger charge is -2.40. The maximum absolute atomic E-state index is 5.46. The number of rotatable bonds is 2. The standard InChI is InChI=1S/C10H15BrN4O/c1-10-7(5-12-13-9(10)16-2)15(6-3-4-6)14-8(10)11/h5-7,9,13H,3-4H2,1-2H3. The molecule has 88 valence electrons. The number of halogens is 1. The van der Waals surface area contributed by atoms with Crippen molar-refractivity contribution in [3.05, 3.63) is 0 Å². The van der Waals surface area contributed by atoms with E-state index >= 15 is 0 Å². The molecule has 0 aromatic heterocycles. The Kier molecular flexibility index (Phi) is 2.26. The lowest BCUT2D eigenvalue weighted by atomic mass is 9.82. The highest BCUT2D eigenvalue weighted by Gasteiger charge is 2.56. The summed E-state index contributed by atoms with van der Waals surface area (Å²) in [5.41, 5.74) is 2.82. The van der Waals surface area contributed by atoms with Crippen molar-refractivity contribution < 1.29 is 4.74 Å². The normalized spacial score (nSPS) is 41.7. The predicted molar refractivity (Wildman–Crippen MR) is 65.5 cm³/mol. The van der Waals surface area contributed by atoms with Gasteiger partial charge in [-0.05, 0) is 35.7 Å². The van der Waals surface area contributed by atoms with E-state index in [0.29, 0.717) is 6.04 Å². The van der Waals surface area contributed by atoms with E-state index in [1.54, 1.807) is 7.11 Å². The molecule has 6 heteroatoms. The van der Waals surface area contributed by atoms with E-state index in [-0.39, 0.29) is 17.7 Å². The highest BCUT2D eigenvalue weighted by Crippen LogP contribution is 2.45. The Morgan fingerprint density at radius 2 is 2.38 bits per heavy atom. The van der Waals surface area contributed by atoms with Crippen LogP contribution in [0.4, 0.5) is 0 Å². The molecule has 0 radical (unpaired) electrons. The summed E-state index contributed by atoms with van der Waals surface area (Å²) in [5, 5.41) is 11.0. The number of nitrogens with zero attached hydrogens (tertiary/aromatic N) is 3. The van der Waals surface area contributed by atoms with Crippen LogP contribution < -0.4 is 5.43 Å². The molecule has 2 aliphatic heterocycles. The van der Waals surface area contributed by atoms with Crippen molar-refractivity contribution in [2.75, 3.05) is 7.11 Å². The Bertz CT molecular complexity index is 368. The van der Waals surface area contributed by atoms with Gasteiger partial charge in [0.25, 0.3) is 0 Å². The topological polar surface area (TPSA) is 49.2 Å². The summed E-state index contributed by atoms with van der Waals surface area (Å²) < 4.78 is 6.41. The maximum Gasteiger partial charge on any atom is 0.156 e. The van der Waals surface area contributed by atoms with Gasteiger partial charge in [0.15, 0.2) is 6.23 Å². The van der Waals surface area contributed by atoms with E-state index in [2.05, 4.69) is 43.5 Å². The third kappa shape index (κ3) is 1.26. The van der Waals surface area contributed by atoms with Gasteiger partial charge in [0.1, 0.15) is 10.7 Å². The van der Waals surface area contributed by atoms with Gasteiger partial charge in [-0.3, -0.25) is 10.4 Å². The minimum absolute atomic E-state index is 0.135. The lowest BCUT2D eigenvalue weighted by Crippen LogP contribution is -2.58. The zero-order valence-corrected chi connectivity index (χ0v) is 10.9. The molecule has 3 unspecified atom stereocenters. The fourth-order valence-electron chi connectivity index (χ4n) is 2.42. The van der Waals surface area contributed by atoms with Crippen LogP contribution in [-0.4, -0.2) is 41.3 Å². The minimum atomic E-state index is -0.181. The zero-order chi connectivity index (χ0) is 11.3. The van der Waals surface area contributed by atoms with Gasteiger partial charge in [0.05, 0.1) is 5.41 Å². The molecule has 1 fully saturated rings. The molecule has 0 bridgehead atoms. The molecule has 0 saturated heterocycles. The summed E-state index contributed by atoms with van der Waals surface area (Å²) >= 11 is 3.58. The van der Waals surface area contributed by atoms with Gasteiger partial charge in [-0.2, -0.15) is 10.2 Å². The van der Waals surface area contributed by atoms with Crippen LogP contribution in [0.15, 0.2) is 10.2 Å². The second kappa shape index (κ2) is 3.43. The van der Waals surface area contributed by atoms with Gasteiger partial charge >= 0.3 is 0 Å². The second-order valence-corrected chi connectivity index (χ2v) is 5.50. The largest absolute Gasteiger partial charge is 0.359 e. The van der Waals surface area contributed by atoms with Crippen molar-refractivity contribution in [3.63, 3.8) is 0 Å². The molecule has 1 saturated carbocycles. The van der Waals surface area contributed by atoms with E-state index in [9.17, 15) is 0 Å². The van der Waals surface area contributed by atoms with Gasteiger partial charge in [-0.25, -0.2) is 0 Å². The monoisotopic (exact) mass is 286 g/mol. The highest BCUT2D eigenvalue weighted by atomic mass is 79.9. The molecule has 16 heavy (non-hydrogen) atoms. The Hall–Kier alpha value is -0.620. The molecule has 1 aliphatic carbocycles. The van der Waals surface area contributed by atoms with Gasteiger partial charge < -0.3 is 4.74 Å². The van der Waals surface area contributed by atoms with Crippen LogP contribution in [0, 0.1) is 5.41 Å². The Labute approximate surface area is 103 Å². The Balaban J connectivity index is 1.98. The van der Waals surface area contributed by atoms with E-state index in [1.807, 2.05) is 6.21 Å². The molecular weight excluding hydrogens is 272 g/mol. The highest BCUT2D eigenvalue weighted by molar-refractivity contribution is 9.18. The smallest absolute Gasteiger partial charge is 0.156 e. The average molecular weight is 287 g/mol. The lowest BCUT2D eigenvalue weighted by molar-refractivity contribution is -0.0160. The first-order chi connectivity index (χ1) is 7.67. The van der Waals surface area contributed by atoms with E-state index in [4.69, 9.17) is 4.74 Å². The maximum atomic E-state index is 5.46. The summed E-state index contributed by atoms with van der Waals surface area (Å²) in [6.07, 6.45) is 4.26. The number of ether oxygens (including phenoxy) is 1. The first kappa shape index (κ1) is 10.5. The molecule has 3 atom stereocenters. The molecule has 0 aromatic rings. The number of hydrogen-bond donors (Lipinski definition) is 1. The van der Waals surface area contributed by atoms with E-state index in [0.717, 1.165) is 4.62 Å². The van der Waals surface area contributed by atoms with Gasteiger partial charge in [-0.1, -0.05) is 0 Å². The first-order valence-electron chi connectivity index (χ1n) is 5.52. The summed E-state index contributed by atoms with van der Waals surface area (Å²) in [6.45, 7) is 2.15. The molecule has 3 aliphatic rings. The van der Waals surface area contributed by atoms with Crippen LogP contribution >= 0.6 is 15.9 Å². The van der Waals surface area contributed by atoms with Crippen LogP contribution in [0.3, 0.4) is 0 Å². The van der Waals surface area contributed by atoms with Crippen LogP contribution in [0.2, 0.25) is 0 Å². The van der Waals surface area contributed by atoms with Crippen LogP contribution in [0.1, 0.15) is 19.8 Å². The molecule has 0 amide bonds. The van der Waals surface area contributed by atoms with E-state index in [1.165, 1.54) is 12.8 Å². The second-order valence-electron chi connectivity index (χ2n) is 4.75. The number of hydrazone groups is 2. The van der Waals surface area contributed by atoms with Crippen molar-refractivity contribution in [1.29, 1.82) is 0 Å². The predicted octanol–water partition coefficient (Wildman–Crippen LogP) is 1.11. The van der Waals surface area contributed by atoms with Crippen LogP contribution in [-0.2, 0) is 4.74 Å². The Morgan fingerprint density at radius 1 is 1.62 bits per heavy atom. The quantitative estimate of drug-likeness (QED) is 0.827. The molecule has 0 spiro atoms. The minimum Gasteiger partial charge on any atom is -0.359 e. The molecule has 2 heterocycles. The number of fused-ring (bicyclic) bond motifs is 1. The van der Waals surface area contributed by atoms with Crippen LogP contribution in [0.5, 0.6) is 0 Å². The van der Waals surface area contributed by atoms with Crippen molar-refractivity contribution in [2.45, 2.75) is 38.1 Å². The van der Waals surface area contributed by atoms with Gasteiger partial charge in [0, 0.05) is 19.4 Å². The Morgan fingerprint density at radius 3 is 3.00 bits per heavy atom. The SMILES string of the molecule is COC1NN=CC2N(C3CC3)N=C(Br)C12C. The summed E-state index contributed by atoms with van der Waals surface area (Å²) in [4.78, 5) is 0. The first-order valence-corrected chi connectivity index (χ1v) is 6.31. The molecule has 1 N–H and O–H groups in total. The van der Waals surface area contributed by atoms with Gasteiger partial charge in [-0.15, -0.1) is 0 Å². The number of methoxy groups -OCH3 is 1. The van der Waals surface area contributed by atoms with E-state index < -0.39 is 0 Å². The van der Waals surface area contributed by atoms with Gasteiger partial charge in [0.2, 0.25) is 0 Å². The van der Waals surface area contributed by atoms with Crippen LogP contribution in [0.25, 0.3) is 0 Å². The fourth-order valence-corrected chi connectivity index (χ4v) is 3.04. The summed E-state index contributed by atoms with van der Waals surface area (Å²) in [6, 6.07) is 0.780. The third-order valence-electron chi connectivity index (χ3n) is 3.66. The molecule has 0 aromatic carbocycles. The summed E-state index contributed by atoms with van der Waals surface area (Å²) in [7, 11) is 1.70. The fraction of sp³-hybridized carbons (Fsp3) is 0.800. The number of nitrogens with one attached hydrogen (secondary N) is 1. The average Bonchev–Trinajstić information content (AvgIpc) is 3.06. The van der Waals surface area contributed by atoms with Crippen molar-refractivity contribution in [3.8, 4) is 0 Å². The number of hydrogen-bond acceptors (Lipinski definition) is 5. The van der Waals surface area contributed by atoms with Crippen molar-refractivity contribution in [1.82, 2.24) is 10.4 Å². The molecular formula is C10H15BrN4O. The third-order valence-corrected chi connectivity index (χ3v) is 4.67. The van der Waals surface area contributed by atoms with Crippen molar-refractivity contribution >= 4 is 26.8 Å². The van der Waals surface area contributed by atoms with Crippen molar-refractivity contribution in [2.24, 2.45) is 15.6 Å². The zero-order valence-electron chi connectivity index (χ0n) is 9.35.